The lowest BCUT2D eigenvalue weighted by atomic mass is 10.0. The lowest BCUT2D eigenvalue weighted by Gasteiger charge is -2.19. The molecule has 0 radical (unpaired) electrons. The van der Waals surface area contributed by atoms with Gasteiger partial charge in [0.2, 0.25) is 5.91 Å². The Hall–Kier alpha value is -0.940. The molecule has 1 aromatic rings. The Morgan fingerprint density at radius 2 is 2.11 bits per heavy atom. The van der Waals surface area contributed by atoms with Crippen LogP contribution in [0.5, 0.6) is 0 Å². The van der Waals surface area contributed by atoms with Crippen LogP contribution in [0, 0.1) is 11.7 Å². The van der Waals surface area contributed by atoms with Crippen molar-refractivity contribution in [1.82, 2.24) is 10.6 Å². The molecular weight excluding hydrogens is 311 g/mol. The van der Waals surface area contributed by atoms with Gasteiger partial charge in [0.15, 0.2) is 0 Å². The highest BCUT2D eigenvalue weighted by molar-refractivity contribution is 9.10. The Morgan fingerprint density at radius 1 is 1.42 bits per heavy atom. The van der Waals surface area contributed by atoms with Crippen molar-refractivity contribution in [2.75, 3.05) is 7.05 Å². The van der Waals surface area contributed by atoms with Crippen LogP contribution in [0.1, 0.15) is 25.8 Å². The summed E-state index contributed by atoms with van der Waals surface area (Å²) in [6, 6.07) is 4.71. The quantitative estimate of drug-likeness (QED) is 0.842. The molecule has 0 spiro atoms. The van der Waals surface area contributed by atoms with Crippen LogP contribution >= 0.6 is 15.9 Å². The maximum Gasteiger partial charge on any atom is 0.236 e. The Balaban J connectivity index is 2.64. The van der Waals surface area contributed by atoms with Gasteiger partial charge in [0.05, 0.1) is 10.5 Å². The highest BCUT2D eigenvalue weighted by Gasteiger charge is 2.17. The van der Waals surface area contributed by atoms with E-state index in [1.807, 2.05) is 6.07 Å². The third-order valence-electron chi connectivity index (χ3n) is 2.81. The fourth-order valence-electron chi connectivity index (χ4n) is 1.82. The van der Waals surface area contributed by atoms with E-state index in [0.29, 0.717) is 16.9 Å². The van der Waals surface area contributed by atoms with Crippen LogP contribution in [0.4, 0.5) is 4.39 Å². The van der Waals surface area contributed by atoms with E-state index in [-0.39, 0.29) is 17.8 Å². The van der Waals surface area contributed by atoms with Gasteiger partial charge >= 0.3 is 0 Å². The Labute approximate surface area is 122 Å². The number of nitrogens with one attached hydrogen (secondary N) is 2. The number of benzene rings is 1. The van der Waals surface area contributed by atoms with Gasteiger partial charge in [-0.25, -0.2) is 4.39 Å². The summed E-state index contributed by atoms with van der Waals surface area (Å²) in [4.78, 5) is 11.7. The van der Waals surface area contributed by atoms with Gasteiger partial charge in [-0.2, -0.15) is 0 Å². The van der Waals surface area contributed by atoms with Crippen LogP contribution in [0.3, 0.4) is 0 Å². The Bertz CT molecular complexity index is 437. The van der Waals surface area contributed by atoms with Crippen molar-refractivity contribution in [3.63, 3.8) is 0 Å². The SMILES string of the molecule is CNC(=O)C(CC(C)C)NCc1ccc(Br)c(F)c1. The second kappa shape index (κ2) is 7.60. The molecule has 0 aliphatic rings. The summed E-state index contributed by atoms with van der Waals surface area (Å²) in [5.41, 5.74) is 0.818. The van der Waals surface area contributed by atoms with Crippen LogP contribution in [-0.4, -0.2) is 19.0 Å². The monoisotopic (exact) mass is 330 g/mol. The molecule has 1 rings (SSSR count). The molecule has 1 aromatic carbocycles. The fourth-order valence-corrected chi connectivity index (χ4v) is 2.07. The fraction of sp³-hybridized carbons (Fsp3) is 0.500. The van der Waals surface area contributed by atoms with Gasteiger partial charge in [0.25, 0.3) is 0 Å². The maximum absolute atomic E-state index is 13.4. The predicted molar refractivity (Wildman–Crippen MR) is 78.2 cm³/mol. The normalized spacial score (nSPS) is 12.5. The summed E-state index contributed by atoms with van der Waals surface area (Å²) >= 11 is 3.12. The molecule has 3 nitrogen and oxygen atoms in total. The smallest absolute Gasteiger partial charge is 0.236 e. The van der Waals surface area contributed by atoms with Crippen molar-refractivity contribution < 1.29 is 9.18 Å². The van der Waals surface area contributed by atoms with E-state index in [1.165, 1.54) is 6.07 Å². The number of hydrogen-bond acceptors (Lipinski definition) is 2. The summed E-state index contributed by atoms with van der Waals surface area (Å²) in [5.74, 6) is 0.0855. The van der Waals surface area contributed by atoms with Gasteiger partial charge in [-0.3, -0.25) is 4.79 Å². The zero-order chi connectivity index (χ0) is 14.4. The third kappa shape index (κ3) is 5.28. The van der Waals surface area contributed by atoms with Crippen molar-refractivity contribution in [2.45, 2.75) is 32.9 Å². The van der Waals surface area contributed by atoms with Crippen molar-refractivity contribution in [3.8, 4) is 0 Å². The van der Waals surface area contributed by atoms with Gasteiger partial charge in [-0.1, -0.05) is 19.9 Å². The van der Waals surface area contributed by atoms with Crippen molar-refractivity contribution in [1.29, 1.82) is 0 Å². The molecular formula is C14H20BrFN2O. The van der Waals surface area contributed by atoms with E-state index in [4.69, 9.17) is 0 Å². The number of carbonyl (C=O) groups excluding carboxylic acids is 1. The summed E-state index contributed by atoms with van der Waals surface area (Å²) < 4.78 is 13.8. The van der Waals surface area contributed by atoms with E-state index in [9.17, 15) is 9.18 Å². The largest absolute Gasteiger partial charge is 0.358 e. The lowest BCUT2D eigenvalue weighted by Crippen LogP contribution is -2.43. The van der Waals surface area contributed by atoms with E-state index in [2.05, 4.69) is 40.4 Å². The number of likely N-dealkylation sites (N-methyl/N-ethyl adjacent to an activating group) is 1. The standard InChI is InChI=1S/C14H20BrFN2O/c1-9(2)6-13(14(19)17-3)18-8-10-4-5-11(15)12(16)7-10/h4-5,7,9,13,18H,6,8H2,1-3H3,(H,17,19). The minimum Gasteiger partial charge on any atom is -0.358 e. The van der Waals surface area contributed by atoms with E-state index in [1.54, 1.807) is 13.1 Å². The van der Waals surface area contributed by atoms with Gasteiger partial charge in [-0.05, 0) is 46.0 Å². The molecule has 0 bridgehead atoms. The van der Waals surface area contributed by atoms with Crippen LogP contribution in [-0.2, 0) is 11.3 Å². The molecule has 0 saturated heterocycles. The number of carbonyl (C=O) groups is 1. The number of amides is 1. The van der Waals surface area contributed by atoms with Crippen LogP contribution < -0.4 is 10.6 Å². The molecule has 0 saturated carbocycles. The molecule has 1 atom stereocenters. The van der Waals surface area contributed by atoms with E-state index < -0.39 is 0 Å². The van der Waals surface area contributed by atoms with Gasteiger partial charge < -0.3 is 10.6 Å². The molecule has 1 unspecified atom stereocenters. The lowest BCUT2D eigenvalue weighted by molar-refractivity contribution is -0.123. The minimum atomic E-state index is -0.292. The van der Waals surface area contributed by atoms with E-state index in [0.717, 1.165) is 12.0 Å². The average Bonchev–Trinajstić information content (AvgIpc) is 2.37. The summed E-state index contributed by atoms with van der Waals surface area (Å²) in [7, 11) is 1.62. The molecule has 19 heavy (non-hydrogen) atoms. The van der Waals surface area contributed by atoms with Crippen LogP contribution in [0.2, 0.25) is 0 Å². The number of hydrogen-bond donors (Lipinski definition) is 2. The molecule has 1 amide bonds. The molecule has 0 aliphatic carbocycles. The number of rotatable bonds is 6. The zero-order valence-corrected chi connectivity index (χ0v) is 13.1. The molecule has 2 N–H and O–H groups in total. The van der Waals surface area contributed by atoms with Gasteiger partial charge in [-0.15, -0.1) is 0 Å². The molecule has 5 heteroatoms. The second-order valence-corrected chi connectivity index (χ2v) is 5.78. The number of halogens is 2. The second-order valence-electron chi connectivity index (χ2n) is 4.93. The first-order valence-electron chi connectivity index (χ1n) is 6.33. The first kappa shape index (κ1) is 16.1. The first-order valence-corrected chi connectivity index (χ1v) is 7.12. The highest BCUT2D eigenvalue weighted by Crippen LogP contribution is 2.16. The first-order chi connectivity index (χ1) is 8.93. The summed E-state index contributed by atoms with van der Waals surface area (Å²) in [6.45, 7) is 4.60. The van der Waals surface area contributed by atoms with Crippen LogP contribution in [0.25, 0.3) is 0 Å². The van der Waals surface area contributed by atoms with Gasteiger partial charge in [0.1, 0.15) is 5.82 Å². The zero-order valence-electron chi connectivity index (χ0n) is 11.5. The molecule has 0 aromatic heterocycles. The Kier molecular flexibility index (Phi) is 6.45. The van der Waals surface area contributed by atoms with Crippen molar-refractivity contribution in [3.05, 3.63) is 34.1 Å². The topological polar surface area (TPSA) is 41.1 Å². The maximum atomic E-state index is 13.4. The average molecular weight is 331 g/mol. The highest BCUT2D eigenvalue weighted by atomic mass is 79.9. The van der Waals surface area contributed by atoms with Crippen molar-refractivity contribution >= 4 is 21.8 Å². The third-order valence-corrected chi connectivity index (χ3v) is 3.45. The molecule has 106 valence electrons. The molecule has 0 fully saturated rings. The predicted octanol–water partition coefficient (Wildman–Crippen LogP) is 2.84. The summed E-state index contributed by atoms with van der Waals surface area (Å²) in [6.07, 6.45) is 0.749. The minimum absolute atomic E-state index is 0.0358. The van der Waals surface area contributed by atoms with Gasteiger partial charge in [0, 0.05) is 13.6 Å². The molecule has 0 heterocycles. The summed E-state index contributed by atoms with van der Waals surface area (Å²) in [5, 5.41) is 5.81. The van der Waals surface area contributed by atoms with E-state index >= 15 is 0 Å². The van der Waals surface area contributed by atoms with Crippen LogP contribution in [0.15, 0.2) is 22.7 Å². The Morgan fingerprint density at radius 3 is 2.63 bits per heavy atom. The molecule has 0 aliphatic heterocycles. The van der Waals surface area contributed by atoms with Crippen molar-refractivity contribution in [2.24, 2.45) is 5.92 Å².